The molecule has 0 aromatic heterocycles. The number of aryl methyl sites for hydroxylation is 1. The molecule has 2 rings (SSSR count). The van der Waals surface area contributed by atoms with E-state index < -0.39 is 4.92 Å². The maximum absolute atomic E-state index is 11.3. The maximum Gasteiger partial charge on any atom is 0.294 e. The Labute approximate surface area is 117 Å². The summed E-state index contributed by atoms with van der Waals surface area (Å²) < 4.78 is 0. The molecule has 0 aliphatic carbocycles. The first-order chi connectivity index (χ1) is 9.61. The molecule has 20 heavy (non-hydrogen) atoms. The van der Waals surface area contributed by atoms with Crippen LogP contribution in [0.1, 0.15) is 38.2 Å². The Morgan fingerprint density at radius 3 is 2.85 bits per heavy atom. The molecule has 2 N–H and O–H groups in total. The summed E-state index contributed by atoms with van der Waals surface area (Å²) in [5, 5.41) is 17.0. The lowest BCUT2D eigenvalue weighted by molar-refractivity contribution is -0.383. The molecule has 1 aromatic rings. The van der Waals surface area contributed by atoms with Crippen LogP contribution >= 0.6 is 0 Å². The van der Waals surface area contributed by atoms with Gasteiger partial charge in [-0.15, -0.1) is 0 Å². The predicted molar refractivity (Wildman–Crippen MR) is 78.1 cm³/mol. The minimum atomic E-state index is -0.413. The number of carbonyl (C=O) groups is 1. The summed E-state index contributed by atoms with van der Waals surface area (Å²) in [6.07, 6.45) is 4.26. The summed E-state index contributed by atoms with van der Waals surface area (Å²) in [5.41, 5.74) is 2.07. The normalized spacial score (nSPS) is 13.6. The van der Waals surface area contributed by atoms with Crippen LogP contribution in [0.15, 0.2) is 12.1 Å². The number of amides is 1. The predicted octanol–water partition coefficient (Wildman–Crippen LogP) is 3.08. The highest BCUT2D eigenvalue weighted by atomic mass is 16.6. The molecule has 1 aromatic carbocycles. The number of nitro groups is 1. The second-order valence-corrected chi connectivity index (χ2v) is 4.97. The van der Waals surface area contributed by atoms with Gasteiger partial charge < -0.3 is 10.6 Å². The molecule has 0 radical (unpaired) electrons. The highest BCUT2D eigenvalue weighted by Crippen LogP contribution is 2.34. The monoisotopic (exact) mass is 277 g/mol. The van der Waals surface area contributed by atoms with E-state index in [1.165, 1.54) is 6.07 Å². The Kier molecular flexibility index (Phi) is 4.55. The molecule has 6 heteroatoms. The number of nitro benzene ring substituents is 1. The number of carbonyl (C=O) groups excluding carboxylic acids is 1. The van der Waals surface area contributed by atoms with Crippen molar-refractivity contribution in [3.63, 3.8) is 0 Å². The fourth-order valence-electron chi connectivity index (χ4n) is 2.31. The Morgan fingerprint density at radius 1 is 1.35 bits per heavy atom. The minimum Gasteiger partial charge on any atom is -0.379 e. The van der Waals surface area contributed by atoms with Gasteiger partial charge in [-0.3, -0.25) is 14.9 Å². The van der Waals surface area contributed by atoms with Crippen molar-refractivity contribution >= 4 is 23.0 Å². The zero-order valence-corrected chi connectivity index (χ0v) is 11.6. The number of nitrogens with zero attached hydrogens (tertiary/aromatic N) is 1. The molecule has 1 aliphatic heterocycles. The van der Waals surface area contributed by atoms with Crippen molar-refractivity contribution in [2.75, 3.05) is 17.2 Å². The highest BCUT2D eigenvalue weighted by Gasteiger charge is 2.22. The van der Waals surface area contributed by atoms with Crippen molar-refractivity contribution in [3.8, 4) is 0 Å². The summed E-state index contributed by atoms with van der Waals surface area (Å²) in [7, 11) is 0. The average Bonchev–Trinajstić information content (AvgIpc) is 2.42. The van der Waals surface area contributed by atoms with Crippen LogP contribution < -0.4 is 10.6 Å². The van der Waals surface area contributed by atoms with Crippen LogP contribution in [-0.4, -0.2) is 17.4 Å². The van der Waals surface area contributed by atoms with Crippen LogP contribution in [0.25, 0.3) is 0 Å². The molecule has 0 fully saturated rings. The molecular weight excluding hydrogens is 258 g/mol. The van der Waals surface area contributed by atoms with E-state index in [2.05, 4.69) is 17.6 Å². The van der Waals surface area contributed by atoms with E-state index in [1.807, 2.05) is 0 Å². The van der Waals surface area contributed by atoms with Gasteiger partial charge in [0.2, 0.25) is 5.91 Å². The summed E-state index contributed by atoms with van der Waals surface area (Å²) in [6.45, 7) is 2.84. The van der Waals surface area contributed by atoms with Gasteiger partial charge >= 0.3 is 0 Å². The van der Waals surface area contributed by atoms with Crippen LogP contribution in [0.5, 0.6) is 0 Å². The van der Waals surface area contributed by atoms with Gasteiger partial charge in [-0.1, -0.05) is 19.8 Å². The molecule has 108 valence electrons. The maximum atomic E-state index is 11.3. The molecule has 0 bridgehead atoms. The quantitative estimate of drug-likeness (QED) is 0.475. The zero-order valence-electron chi connectivity index (χ0n) is 11.6. The number of rotatable bonds is 6. The fraction of sp³-hybridized carbons (Fsp3) is 0.500. The summed E-state index contributed by atoms with van der Waals surface area (Å²) in [6, 6.07) is 3.24. The Bertz CT molecular complexity index is 529. The second kappa shape index (κ2) is 6.36. The summed E-state index contributed by atoms with van der Waals surface area (Å²) >= 11 is 0. The lowest BCUT2D eigenvalue weighted by Gasteiger charge is -2.18. The third-order valence-electron chi connectivity index (χ3n) is 3.41. The first-order valence-electron chi connectivity index (χ1n) is 6.97. The topological polar surface area (TPSA) is 84.3 Å². The molecule has 1 heterocycles. The molecule has 1 aliphatic rings. The van der Waals surface area contributed by atoms with Crippen LogP contribution in [0.4, 0.5) is 17.1 Å². The van der Waals surface area contributed by atoms with Crippen molar-refractivity contribution in [1.29, 1.82) is 0 Å². The number of hydrogen-bond donors (Lipinski definition) is 2. The van der Waals surface area contributed by atoms with Crippen LogP contribution in [0.3, 0.4) is 0 Å². The molecule has 0 saturated heterocycles. The van der Waals surface area contributed by atoms with E-state index in [1.54, 1.807) is 6.07 Å². The number of hydrogen-bond acceptors (Lipinski definition) is 4. The molecular formula is C14H19N3O3. The number of benzene rings is 1. The van der Waals surface area contributed by atoms with Crippen LogP contribution in [0.2, 0.25) is 0 Å². The first kappa shape index (κ1) is 14.3. The lowest BCUT2D eigenvalue weighted by atomic mass is 10.0. The van der Waals surface area contributed by atoms with E-state index in [9.17, 15) is 14.9 Å². The fourth-order valence-corrected chi connectivity index (χ4v) is 2.31. The van der Waals surface area contributed by atoms with E-state index in [0.29, 0.717) is 24.2 Å². The van der Waals surface area contributed by atoms with Gasteiger partial charge in [0, 0.05) is 19.0 Å². The van der Waals surface area contributed by atoms with Crippen molar-refractivity contribution in [3.05, 3.63) is 27.8 Å². The van der Waals surface area contributed by atoms with Gasteiger partial charge in [-0.2, -0.15) is 0 Å². The van der Waals surface area contributed by atoms with E-state index in [4.69, 9.17) is 0 Å². The van der Waals surface area contributed by atoms with Gasteiger partial charge in [0.25, 0.3) is 5.69 Å². The highest BCUT2D eigenvalue weighted by molar-refractivity contribution is 5.95. The second-order valence-electron chi connectivity index (χ2n) is 4.97. The van der Waals surface area contributed by atoms with Gasteiger partial charge in [0.15, 0.2) is 0 Å². The summed E-state index contributed by atoms with van der Waals surface area (Å²) in [5.74, 6) is -0.0875. The van der Waals surface area contributed by atoms with Crippen molar-refractivity contribution in [2.45, 2.75) is 39.0 Å². The molecule has 1 amide bonds. The van der Waals surface area contributed by atoms with Gasteiger partial charge in [0.05, 0.1) is 10.6 Å². The number of fused-ring (bicyclic) bond motifs is 1. The number of nitrogens with one attached hydrogen (secondary N) is 2. The molecule has 0 unspecified atom stereocenters. The van der Waals surface area contributed by atoms with E-state index in [-0.39, 0.29) is 11.6 Å². The van der Waals surface area contributed by atoms with Crippen LogP contribution in [-0.2, 0) is 11.2 Å². The average molecular weight is 277 g/mol. The van der Waals surface area contributed by atoms with Crippen molar-refractivity contribution in [1.82, 2.24) is 0 Å². The van der Waals surface area contributed by atoms with Crippen molar-refractivity contribution < 1.29 is 9.72 Å². The number of unbranched alkanes of at least 4 members (excludes halogenated alkanes) is 2. The Balaban J connectivity index is 2.21. The standard InChI is InChI=1S/C14H19N3O3/c1-2-3-4-7-15-12-8-10-5-6-14(18)16-11(10)9-13(12)17(19)20/h8-9,15H,2-7H2,1H3,(H,16,18). The molecule has 0 atom stereocenters. The number of anilines is 2. The third kappa shape index (κ3) is 3.26. The van der Waals surface area contributed by atoms with Crippen LogP contribution in [0, 0.1) is 10.1 Å². The van der Waals surface area contributed by atoms with Gasteiger partial charge in [-0.05, 0) is 24.5 Å². The van der Waals surface area contributed by atoms with Gasteiger partial charge in [-0.25, -0.2) is 0 Å². The lowest BCUT2D eigenvalue weighted by Crippen LogP contribution is -2.19. The first-order valence-corrected chi connectivity index (χ1v) is 6.97. The minimum absolute atomic E-state index is 0.0162. The Morgan fingerprint density at radius 2 is 2.15 bits per heavy atom. The van der Waals surface area contributed by atoms with E-state index in [0.717, 1.165) is 31.4 Å². The van der Waals surface area contributed by atoms with Crippen molar-refractivity contribution in [2.24, 2.45) is 0 Å². The Hall–Kier alpha value is -2.11. The smallest absolute Gasteiger partial charge is 0.294 e. The third-order valence-corrected chi connectivity index (χ3v) is 3.41. The largest absolute Gasteiger partial charge is 0.379 e. The summed E-state index contributed by atoms with van der Waals surface area (Å²) in [4.78, 5) is 22.1. The van der Waals surface area contributed by atoms with E-state index >= 15 is 0 Å². The SMILES string of the molecule is CCCCCNc1cc2c(cc1[N+](=O)[O-])NC(=O)CC2. The van der Waals surface area contributed by atoms with Gasteiger partial charge in [0.1, 0.15) is 5.69 Å². The molecule has 6 nitrogen and oxygen atoms in total. The zero-order chi connectivity index (χ0) is 14.5. The molecule has 0 saturated carbocycles. The molecule has 0 spiro atoms.